The number of anilines is 1. The van der Waals surface area contributed by atoms with E-state index in [1.807, 2.05) is 18.0 Å². The summed E-state index contributed by atoms with van der Waals surface area (Å²) in [4.78, 5) is 14.3. The highest BCUT2D eigenvalue weighted by Gasteiger charge is 2.25. The average Bonchev–Trinajstić information content (AvgIpc) is 2.75. The summed E-state index contributed by atoms with van der Waals surface area (Å²) < 4.78 is 0. The van der Waals surface area contributed by atoms with Crippen molar-refractivity contribution in [2.75, 3.05) is 25.5 Å². The number of hydrogen-bond donors (Lipinski definition) is 1. The van der Waals surface area contributed by atoms with Crippen LogP contribution in [0.15, 0.2) is 18.2 Å². The topological polar surface area (TPSA) is 32.3 Å². The second-order valence-electron chi connectivity index (χ2n) is 4.58. The molecule has 0 spiro atoms. The third-order valence-corrected chi connectivity index (χ3v) is 3.43. The van der Waals surface area contributed by atoms with Gasteiger partial charge in [-0.15, -0.1) is 0 Å². The molecule has 1 aliphatic rings. The fourth-order valence-electron chi connectivity index (χ4n) is 2.20. The fraction of sp³-hybridized carbons (Fsp3) is 0.462. The first kappa shape index (κ1) is 12.2. The quantitative estimate of drug-likeness (QED) is 0.878. The molecule has 92 valence electrons. The zero-order chi connectivity index (χ0) is 12.4. The third-order valence-electron chi connectivity index (χ3n) is 3.19. The van der Waals surface area contributed by atoms with E-state index in [4.69, 9.17) is 11.6 Å². The van der Waals surface area contributed by atoms with Crippen LogP contribution in [0.1, 0.15) is 23.7 Å². The van der Waals surface area contributed by atoms with Gasteiger partial charge < -0.3 is 10.2 Å². The van der Waals surface area contributed by atoms with Crippen molar-refractivity contribution in [3.63, 3.8) is 0 Å². The van der Waals surface area contributed by atoms with Crippen molar-refractivity contribution in [1.29, 1.82) is 0 Å². The standard InChI is InChI=1S/C13H17ClN2O/c1-9-5-6-16(8-9)13(17)11-7-10(14)3-4-12(11)15-2/h3-4,7,9,15H,5-6,8H2,1-2H3. The van der Waals surface area contributed by atoms with Gasteiger partial charge in [-0.3, -0.25) is 4.79 Å². The van der Waals surface area contributed by atoms with Crippen molar-refractivity contribution in [3.05, 3.63) is 28.8 Å². The number of nitrogens with one attached hydrogen (secondary N) is 1. The van der Waals surface area contributed by atoms with Crippen LogP contribution in [-0.4, -0.2) is 30.9 Å². The van der Waals surface area contributed by atoms with E-state index < -0.39 is 0 Å². The molecule has 0 radical (unpaired) electrons. The van der Waals surface area contributed by atoms with Crippen molar-refractivity contribution >= 4 is 23.2 Å². The summed E-state index contributed by atoms with van der Waals surface area (Å²) in [6, 6.07) is 5.37. The molecule has 17 heavy (non-hydrogen) atoms. The van der Waals surface area contributed by atoms with Crippen LogP contribution in [0.3, 0.4) is 0 Å². The van der Waals surface area contributed by atoms with E-state index in [0.717, 1.165) is 25.2 Å². The molecule has 4 heteroatoms. The van der Waals surface area contributed by atoms with Crippen LogP contribution in [0.5, 0.6) is 0 Å². The maximum absolute atomic E-state index is 12.4. The summed E-state index contributed by atoms with van der Waals surface area (Å²) in [5.74, 6) is 0.664. The van der Waals surface area contributed by atoms with Gasteiger partial charge in [0.05, 0.1) is 5.56 Å². The maximum Gasteiger partial charge on any atom is 0.256 e. The highest BCUT2D eigenvalue weighted by atomic mass is 35.5. The third kappa shape index (κ3) is 2.55. The highest BCUT2D eigenvalue weighted by Crippen LogP contribution is 2.24. The van der Waals surface area contributed by atoms with E-state index in [0.29, 0.717) is 16.5 Å². The second kappa shape index (κ2) is 4.96. The molecule has 1 fully saturated rings. The SMILES string of the molecule is CNc1ccc(Cl)cc1C(=O)N1CCC(C)C1. The molecule has 1 aromatic carbocycles. The minimum atomic E-state index is 0.0706. The number of hydrogen-bond acceptors (Lipinski definition) is 2. The lowest BCUT2D eigenvalue weighted by atomic mass is 10.1. The molecular formula is C13H17ClN2O. The molecule has 1 aliphatic heterocycles. The van der Waals surface area contributed by atoms with Gasteiger partial charge in [0, 0.05) is 30.8 Å². The summed E-state index contributed by atoms with van der Waals surface area (Å²) in [6.45, 7) is 3.86. The molecule has 1 unspecified atom stereocenters. The number of carbonyl (C=O) groups is 1. The van der Waals surface area contributed by atoms with Crippen molar-refractivity contribution in [2.45, 2.75) is 13.3 Å². The van der Waals surface area contributed by atoms with Crippen LogP contribution in [0, 0.1) is 5.92 Å². The van der Waals surface area contributed by atoms with Gasteiger partial charge in [0.25, 0.3) is 5.91 Å². The van der Waals surface area contributed by atoms with E-state index in [-0.39, 0.29) is 5.91 Å². The van der Waals surface area contributed by atoms with Crippen molar-refractivity contribution in [1.82, 2.24) is 4.90 Å². The Labute approximate surface area is 107 Å². The summed E-state index contributed by atoms with van der Waals surface area (Å²) in [7, 11) is 1.81. The molecule has 0 aliphatic carbocycles. The van der Waals surface area contributed by atoms with Gasteiger partial charge in [0.1, 0.15) is 0 Å². The lowest BCUT2D eigenvalue weighted by Crippen LogP contribution is -2.29. The lowest BCUT2D eigenvalue weighted by Gasteiger charge is -2.18. The summed E-state index contributed by atoms with van der Waals surface area (Å²) in [6.07, 6.45) is 1.08. The first-order valence-corrected chi connectivity index (χ1v) is 6.26. The molecule has 3 nitrogen and oxygen atoms in total. The van der Waals surface area contributed by atoms with Gasteiger partial charge in [0.2, 0.25) is 0 Å². The minimum Gasteiger partial charge on any atom is -0.387 e. The Morgan fingerprint density at radius 2 is 2.29 bits per heavy atom. The summed E-state index contributed by atoms with van der Waals surface area (Å²) in [5, 5.41) is 3.63. The summed E-state index contributed by atoms with van der Waals surface area (Å²) in [5.41, 5.74) is 1.49. The van der Waals surface area contributed by atoms with Crippen molar-refractivity contribution < 1.29 is 4.79 Å². The molecule has 1 aromatic rings. The number of amides is 1. The molecule has 0 aromatic heterocycles. The zero-order valence-electron chi connectivity index (χ0n) is 10.2. The number of rotatable bonds is 2. The molecular weight excluding hydrogens is 236 g/mol. The Morgan fingerprint density at radius 3 is 2.88 bits per heavy atom. The van der Waals surface area contributed by atoms with Gasteiger partial charge in [-0.2, -0.15) is 0 Å². The minimum absolute atomic E-state index is 0.0706. The molecule has 2 rings (SSSR count). The Morgan fingerprint density at radius 1 is 1.53 bits per heavy atom. The van der Waals surface area contributed by atoms with Gasteiger partial charge in [0.15, 0.2) is 0 Å². The number of nitrogens with zero attached hydrogens (tertiary/aromatic N) is 1. The predicted octanol–water partition coefficient (Wildman–Crippen LogP) is 2.86. The van der Waals surface area contributed by atoms with Crippen LogP contribution in [0.25, 0.3) is 0 Å². The average molecular weight is 253 g/mol. The van der Waals surface area contributed by atoms with Crippen LogP contribution >= 0.6 is 11.6 Å². The number of benzene rings is 1. The van der Waals surface area contributed by atoms with Crippen LogP contribution in [-0.2, 0) is 0 Å². The largest absolute Gasteiger partial charge is 0.387 e. The second-order valence-corrected chi connectivity index (χ2v) is 5.02. The van der Waals surface area contributed by atoms with E-state index >= 15 is 0 Å². The van der Waals surface area contributed by atoms with Crippen LogP contribution < -0.4 is 5.32 Å². The molecule has 1 heterocycles. The Bertz CT molecular complexity index is 433. The smallest absolute Gasteiger partial charge is 0.256 e. The van der Waals surface area contributed by atoms with Gasteiger partial charge in [-0.05, 0) is 30.5 Å². The van der Waals surface area contributed by atoms with E-state index in [9.17, 15) is 4.79 Å². The molecule has 1 amide bonds. The van der Waals surface area contributed by atoms with E-state index in [2.05, 4.69) is 12.2 Å². The first-order chi connectivity index (χ1) is 8.11. The molecule has 0 bridgehead atoms. The predicted molar refractivity (Wildman–Crippen MR) is 70.7 cm³/mol. The Hall–Kier alpha value is -1.22. The van der Waals surface area contributed by atoms with E-state index in [1.165, 1.54) is 0 Å². The van der Waals surface area contributed by atoms with E-state index in [1.54, 1.807) is 12.1 Å². The normalized spacial score (nSPS) is 19.5. The van der Waals surface area contributed by atoms with Gasteiger partial charge in [-0.25, -0.2) is 0 Å². The van der Waals surface area contributed by atoms with Gasteiger partial charge >= 0.3 is 0 Å². The molecule has 1 atom stereocenters. The zero-order valence-corrected chi connectivity index (χ0v) is 10.9. The van der Waals surface area contributed by atoms with Gasteiger partial charge in [-0.1, -0.05) is 18.5 Å². The molecule has 0 saturated carbocycles. The van der Waals surface area contributed by atoms with Crippen molar-refractivity contribution in [3.8, 4) is 0 Å². The number of carbonyl (C=O) groups excluding carboxylic acids is 1. The fourth-order valence-corrected chi connectivity index (χ4v) is 2.37. The maximum atomic E-state index is 12.4. The Balaban J connectivity index is 2.26. The number of halogens is 1. The monoisotopic (exact) mass is 252 g/mol. The first-order valence-electron chi connectivity index (χ1n) is 5.88. The molecule has 1 saturated heterocycles. The summed E-state index contributed by atoms with van der Waals surface area (Å²) >= 11 is 5.95. The highest BCUT2D eigenvalue weighted by molar-refractivity contribution is 6.31. The lowest BCUT2D eigenvalue weighted by molar-refractivity contribution is 0.0789. The van der Waals surface area contributed by atoms with Crippen LogP contribution in [0.4, 0.5) is 5.69 Å². The number of likely N-dealkylation sites (tertiary alicyclic amines) is 1. The van der Waals surface area contributed by atoms with Crippen molar-refractivity contribution in [2.24, 2.45) is 5.92 Å². The Kier molecular flexibility index (Phi) is 3.57. The van der Waals surface area contributed by atoms with Crippen LogP contribution in [0.2, 0.25) is 5.02 Å². The molecule has 1 N–H and O–H groups in total.